The lowest BCUT2D eigenvalue weighted by molar-refractivity contribution is -0.122. The van der Waals surface area contributed by atoms with Crippen LogP contribution in [0, 0.1) is 0 Å². The minimum atomic E-state index is -0.942. The number of carbonyl (C=O) groups excluding carboxylic acids is 1. The van der Waals surface area contributed by atoms with Crippen LogP contribution in [0.3, 0.4) is 0 Å². The third-order valence-electron chi connectivity index (χ3n) is 3.71. The number of amides is 1. The van der Waals surface area contributed by atoms with Gasteiger partial charge in [-0.3, -0.25) is 9.78 Å². The van der Waals surface area contributed by atoms with E-state index in [0.29, 0.717) is 19.5 Å². The van der Waals surface area contributed by atoms with Crippen LogP contribution in [0.2, 0.25) is 0 Å². The number of nitrogens with one attached hydrogen (secondary N) is 1. The minimum absolute atomic E-state index is 0.149. The van der Waals surface area contributed by atoms with Crippen molar-refractivity contribution in [1.82, 2.24) is 24.8 Å². The Kier molecular flexibility index (Phi) is 4.01. The Labute approximate surface area is 127 Å². The molecule has 1 saturated heterocycles. The Morgan fingerprint density at radius 3 is 3.00 bits per heavy atom. The molecule has 0 saturated carbocycles. The summed E-state index contributed by atoms with van der Waals surface area (Å²) in [4.78, 5) is 26.0. The zero-order valence-electron chi connectivity index (χ0n) is 12.1. The van der Waals surface area contributed by atoms with Gasteiger partial charge in [-0.25, -0.2) is 9.97 Å². The highest BCUT2D eigenvalue weighted by Crippen LogP contribution is 2.24. The molecule has 2 N–H and O–H groups in total. The van der Waals surface area contributed by atoms with Crippen LogP contribution < -0.4 is 10.2 Å². The van der Waals surface area contributed by atoms with E-state index < -0.39 is 5.60 Å². The largest absolute Gasteiger partial charge is 0.386 e. The number of β-amino-alcohol motifs (C(OH)–C–C–N with tert-alkyl or cyclic N) is 1. The molecule has 2 aromatic rings. The summed E-state index contributed by atoms with van der Waals surface area (Å²) in [6.45, 7) is 1.53. The molecular formula is C14H18N6O2. The average molecular weight is 302 g/mol. The predicted molar refractivity (Wildman–Crippen MR) is 79.0 cm³/mol. The van der Waals surface area contributed by atoms with Gasteiger partial charge in [-0.1, -0.05) is 0 Å². The molecule has 1 amide bonds. The Balaban J connectivity index is 1.51. The van der Waals surface area contributed by atoms with Gasteiger partial charge < -0.3 is 19.9 Å². The number of aliphatic hydroxyl groups is 1. The molecule has 3 heterocycles. The second kappa shape index (κ2) is 6.10. The van der Waals surface area contributed by atoms with Crippen LogP contribution in [-0.2, 0) is 11.3 Å². The van der Waals surface area contributed by atoms with E-state index in [1.54, 1.807) is 41.9 Å². The summed E-state index contributed by atoms with van der Waals surface area (Å²) in [5.74, 6) is 0.590. The molecule has 22 heavy (non-hydrogen) atoms. The van der Waals surface area contributed by atoms with Crippen molar-refractivity contribution in [3.63, 3.8) is 0 Å². The van der Waals surface area contributed by atoms with Crippen LogP contribution in [-0.4, -0.2) is 55.8 Å². The van der Waals surface area contributed by atoms with E-state index in [4.69, 9.17) is 0 Å². The zero-order chi connectivity index (χ0) is 15.4. The summed E-state index contributed by atoms with van der Waals surface area (Å²) < 4.78 is 1.68. The van der Waals surface area contributed by atoms with Crippen molar-refractivity contribution in [1.29, 1.82) is 0 Å². The van der Waals surface area contributed by atoms with Gasteiger partial charge in [-0.05, 0) is 6.42 Å². The normalized spacial score (nSPS) is 21.0. The number of anilines is 1. The highest BCUT2D eigenvalue weighted by Gasteiger charge is 2.36. The zero-order valence-corrected chi connectivity index (χ0v) is 12.1. The molecule has 0 aromatic carbocycles. The lowest BCUT2D eigenvalue weighted by Crippen LogP contribution is -2.45. The number of nitrogens with zero attached hydrogens (tertiary/aromatic N) is 5. The van der Waals surface area contributed by atoms with E-state index in [0.717, 1.165) is 5.82 Å². The molecule has 1 atom stereocenters. The second-order valence-corrected chi connectivity index (χ2v) is 5.47. The molecule has 3 rings (SSSR count). The summed E-state index contributed by atoms with van der Waals surface area (Å²) in [6.07, 6.45) is 10.4. The summed E-state index contributed by atoms with van der Waals surface area (Å²) in [7, 11) is 0. The second-order valence-electron chi connectivity index (χ2n) is 5.47. The van der Waals surface area contributed by atoms with Crippen LogP contribution in [0.15, 0.2) is 37.3 Å². The molecule has 116 valence electrons. The SMILES string of the molecule is O=C(Cn1ccnc1)NCC1(O)CCN(c2cnccn2)C1. The molecule has 8 heteroatoms. The number of imidazole rings is 1. The number of hydrogen-bond acceptors (Lipinski definition) is 6. The van der Waals surface area contributed by atoms with Crippen molar-refractivity contribution >= 4 is 11.7 Å². The van der Waals surface area contributed by atoms with Crippen LogP contribution in [0.4, 0.5) is 5.82 Å². The monoisotopic (exact) mass is 302 g/mol. The highest BCUT2D eigenvalue weighted by atomic mass is 16.3. The molecule has 1 aliphatic heterocycles. The van der Waals surface area contributed by atoms with Crippen LogP contribution in [0.5, 0.6) is 0 Å². The number of hydrogen-bond donors (Lipinski definition) is 2. The smallest absolute Gasteiger partial charge is 0.240 e. The fraction of sp³-hybridized carbons (Fsp3) is 0.429. The molecular weight excluding hydrogens is 284 g/mol. The van der Waals surface area contributed by atoms with E-state index in [-0.39, 0.29) is 19.0 Å². The van der Waals surface area contributed by atoms with Crippen molar-refractivity contribution in [2.24, 2.45) is 0 Å². The molecule has 1 unspecified atom stereocenters. The molecule has 1 aliphatic rings. The van der Waals surface area contributed by atoms with E-state index in [9.17, 15) is 9.90 Å². The standard InChI is InChI=1S/C14H18N6O2/c21-13(8-19-6-4-16-11-19)18-9-14(22)1-5-20(10-14)12-7-15-2-3-17-12/h2-4,6-7,11,22H,1,5,8-10H2,(H,18,21). The van der Waals surface area contributed by atoms with Gasteiger partial charge in [0, 0.05) is 44.4 Å². The molecule has 2 aromatic heterocycles. The number of aromatic nitrogens is 4. The van der Waals surface area contributed by atoms with Crippen LogP contribution in [0.1, 0.15) is 6.42 Å². The third-order valence-corrected chi connectivity index (χ3v) is 3.71. The van der Waals surface area contributed by atoms with Gasteiger partial charge in [0.05, 0.1) is 12.5 Å². The minimum Gasteiger partial charge on any atom is -0.386 e. The topological polar surface area (TPSA) is 96.2 Å². The van der Waals surface area contributed by atoms with Crippen molar-refractivity contribution in [2.75, 3.05) is 24.5 Å². The Bertz CT molecular complexity index is 618. The molecule has 0 spiro atoms. The molecule has 1 fully saturated rings. The van der Waals surface area contributed by atoms with E-state index >= 15 is 0 Å². The summed E-state index contributed by atoms with van der Waals surface area (Å²) in [6, 6.07) is 0. The van der Waals surface area contributed by atoms with Gasteiger partial charge in [0.25, 0.3) is 0 Å². The number of rotatable bonds is 5. The van der Waals surface area contributed by atoms with Gasteiger partial charge in [0.15, 0.2) is 0 Å². The quantitative estimate of drug-likeness (QED) is 0.768. The maximum atomic E-state index is 11.9. The molecule has 8 nitrogen and oxygen atoms in total. The first kappa shape index (κ1) is 14.5. The average Bonchev–Trinajstić information content (AvgIpc) is 3.17. The fourth-order valence-corrected chi connectivity index (χ4v) is 2.52. The Hall–Kier alpha value is -2.48. The van der Waals surface area contributed by atoms with Crippen molar-refractivity contribution in [2.45, 2.75) is 18.6 Å². The van der Waals surface area contributed by atoms with Gasteiger partial charge >= 0.3 is 0 Å². The highest BCUT2D eigenvalue weighted by molar-refractivity contribution is 5.75. The van der Waals surface area contributed by atoms with Gasteiger partial charge in [-0.2, -0.15) is 0 Å². The summed E-state index contributed by atoms with van der Waals surface area (Å²) >= 11 is 0. The van der Waals surface area contributed by atoms with Gasteiger partial charge in [-0.15, -0.1) is 0 Å². The summed E-state index contributed by atoms with van der Waals surface area (Å²) in [5, 5.41) is 13.3. The van der Waals surface area contributed by atoms with Crippen molar-refractivity contribution in [3.8, 4) is 0 Å². The first-order chi connectivity index (χ1) is 10.6. The van der Waals surface area contributed by atoms with Gasteiger partial charge in [0.1, 0.15) is 18.0 Å². The Morgan fingerprint density at radius 2 is 2.27 bits per heavy atom. The lowest BCUT2D eigenvalue weighted by atomic mass is 10.0. The lowest BCUT2D eigenvalue weighted by Gasteiger charge is -2.24. The van der Waals surface area contributed by atoms with E-state index in [2.05, 4.69) is 20.3 Å². The molecule has 0 radical (unpaired) electrons. The fourth-order valence-electron chi connectivity index (χ4n) is 2.52. The van der Waals surface area contributed by atoms with Gasteiger partial charge in [0.2, 0.25) is 5.91 Å². The van der Waals surface area contributed by atoms with E-state index in [1.807, 2.05) is 4.90 Å². The van der Waals surface area contributed by atoms with E-state index in [1.165, 1.54) is 0 Å². The maximum Gasteiger partial charge on any atom is 0.240 e. The molecule has 0 aliphatic carbocycles. The van der Waals surface area contributed by atoms with Crippen LogP contribution in [0.25, 0.3) is 0 Å². The predicted octanol–water partition coefficient (Wildman–Crippen LogP) is -0.569. The Morgan fingerprint density at radius 1 is 1.36 bits per heavy atom. The van der Waals surface area contributed by atoms with Crippen molar-refractivity contribution < 1.29 is 9.90 Å². The first-order valence-electron chi connectivity index (χ1n) is 7.10. The first-order valence-corrected chi connectivity index (χ1v) is 7.10. The molecule has 0 bridgehead atoms. The number of carbonyl (C=O) groups is 1. The maximum absolute atomic E-state index is 11.9. The third kappa shape index (κ3) is 3.40. The summed E-state index contributed by atoms with van der Waals surface area (Å²) in [5.41, 5.74) is -0.942. The van der Waals surface area contributed by atoms with Crippen LogP contribution >= 0.6 is 0 Å². The van der Waals surface area contributed by atoms with Crippen molar-refractivity contribution in [3.05, 3.63) is 37.3 Å².